The zero-order valence-corrected chi connectivity index (χ0v) is 14.0. The Morgan fingerprint density at radius 3 is 2.58 bits per heavy atom. The first kappa shape index (κ1) is 16.1. The maximum Gasteiger partial charge on any atom is 0.274 e. The van der Waals surface area contributed by atoms with Gasteiger partial charge in [-0.1, -0.05) is 42.0 Å². The quantitative estimate of drug-likeness (QED) is 0.678. The molecule has 0 bridgehead atoms. The van der Waals surface area contributed by atoms with Gasteiger partial charge in [-0.3, -0.25) is 4.79 Å². The number of aromatic nitrogens is 2. The van der Waals surface area contributed by atoms with E-state index in [1.54, 1.807) is 0 Å². The summed E-state index contributed by atoms with van der Waals surface area (Å²) < 4.78 is 1.41. The van der Waals surface area contributed by atoms with Gasteiger partial charge in [0.1, 0.15) is 6.29 Å². The van der Waals surface area contributed by atoms with Crippen LogP contribution in [0.1, 0.15) is 28.8 Å². The zero-order valence-electron chi connectivity index (χ0n) is 14.0. The van der Waals surface area contributed by atoms with Crippen LogP contribution in [-0.4, -0.2) is 16.1 Å². The van der Waals surface area contributed by atoms with Gasteiger partial charge in [0.05, 0.1) is 17.6 Å². The maximum absolute atomic E-state index is 12.5. The Morgan fingerprint density at radius 1 is 1.08 bits per heavy atom. The molecule has 0 fully saturated rings. The number of hydrogen-bond acceptors (Lipinski definition) is 3. The average molecular weight is 320 g/mol. The third kappa shape index (κ3) is 3.13. The number of nitrogens with zero attached hydrogens (tertiary/aromatic N) is 2. The van der Waals surface area contributed by atoms with E-state index in [1.165, 1.54) is 21.4 Å². The van der Waals surface area contributed by atoms with Crippen molar-refractivity contribution in [1.29, 1.82) is 0 Å². The third-order valence-corrected chi connectivity index (χ3v) is 4.27. The van der Waals surface area contributed by atoms with Crippen LogP contribution in [0.2, 0.25) is 0 Å². The molecule has 3 aromatic rings. The first-order chi connectivity index (χ1) is 11.6. The number of rotatable bonds is 5. The number of carbonyl (C=O) groups is 1. The lowest BCUT2D eigenvalue weighted by Gasteiger charge is -2.12. The van der Waals surface area contributed by atoms with E-state index >= 15 is 0 Å². The highest BCUT2D eigenvalue weighted by Gasteiger charge is 2.12. The first-order valence-corrected chi connectivity index (χ1v) is 8.08. The summed E-state index contributed by atoms with van der Waals surface area (Å²) in [6.07, 6.45) is 1.76. The Kier molecular flexibility index (Phi) is 4.56. The largest absolute Gasteiger partial charge is 0.303 e. The van der Waals surface area contributed by atoms with Crippen molar-refractivity contribution in [3.8, 4) is 0 Å². The van der Waals surface area contributed by atoms with Crippen LogP contribution in [0, 0.1) is 13.8 Å². The standard InChI is InChI=1S/C20H20N2O2/c1-14-8-9-15(2)16(12-14)13-19-17-6-3-4-7-18(17)20(24)22(21-19)10-5-11-23/h3-4,6-9,11-12H,5,10,13H2,1-2H3. The van der Waals surface area contributed by atoms with Gasteiger partial charge in [-0.05, 0) is 31.0 Å². The summed E-state index contributed by atoms with van der Waals surface area (Å²) in [6, 6.07) is 13.9. The Labute approximate surface area is 140 Å². The first-order valence-electron chi connectivity index (χ1n) is 8.08. The zero-order chi connectivity index (χ0) is 17.1. The summed E-state index contributed by atoms with van der Waals surface area (Å²) >= 11 is 0. The van der Waals surface area contributed by atoms with Crippen LogP contribution in [0.15, 0.2) is 47.3 Å². The van der Waals surface area contributed by atoms with E-state index in [4.69, 9.17) is 0 Å². The van der Waals surface area contributed by atoms with Gasteiger partial charge in [0.2, 0.25) is 0 Å². The van der Waals surface area contributed by atoms with Crippen molar-refractivity contribution in [3.63, 3.8) is 0 Å². The summed E-state index contributed by atoms with van der Waals surface area (Å²) in [5.74, 6) is 0. The minimum Gasteiger partial charge on any atom is -0.303 e. The molecule has 0 aliphatic heterocycles. The highest BCUT2D eigenvalue weighted by Crippen LogP contribution is 2.20. The lowest BCUT2D eigenvalue weighted by Crippen LogP contribution is -2.25. The maximum atomic E-state index is 12.5. The molecule has 0 aliphatic carbocycles. The SMILES string of the molecule is Cc1ccc(C)c(Cc2nn(CCC=O)c(=O)c3ccccc23)c1. The second kappa shape index (κ2) is 6.79. The Morgan fingerprint density at radius 2 is 1.83 bits per heavy atom. The molecule has 0 unspecified atom stereocenters. The fourth-order valence-electron chi connectivity index (χ4n) is 2.93. The smallest absolute Gasteiger partial charge is 0.274 e. The van der Waals surface area contributed by atoms with Crippen LogP contribution < -0.4 is 5.56 Å². The van der Waals surface area contributed by atoms with Crippen molar-refractivity contribution in [2.45, 2.75) is 33.2 Å². The fourth-order valence-corrected chi connectivity index (χ4v) is 2.93. The van der Waals surface area contributed by atoms with Gasteiger partial charge in [-0.15, -0.1) is 0 Å². The van der Waals surface area contributed by atoms with Crippen LogP contribution in [0.5, 0.6) is 0 Å². The molecule has 0 saturated carbocycles. The molecule has 0 amide bonds. The topological polar surface area (TPSA) is 52.0 Å². The van der Waals surface area contributed by atoms with Crippen molar-refractivity contribution in [2.75, 3.05) is 0 Å². The van der Waals surface area contributed by atoms with Gasteiger partial charge in [0.25, 0.3) is 5.56 Å². The van der Waals surface area contributed by atoms with Crippen LogP contribution in [0.25, 0.3) is 10.8 Å². The molecule has 0 spiro atoms. The molecule has 0 radical (unpaired) electrons. The van der Waals surface area contributed by atoms with E-state index in [0.29, 0.717) is 18.4 Å². The second-order valence-corrected chi connectivity index (χ2v) is 6.08. The monoisotopic (exact) mass is 320 g/mol. The van der Waals surface area contributed by atoms with E-state index in [9.17, 15) is 9.59 Å². The predicted molar refractivity (Wildman–Crippen MR) is 95.4 cm³/mol. The number of aldehydes is 1. The molecule has 0 N–H and O–H groups in total. The Balaban J connectivity index is 2.15. The molecule has 3 rings (SSSR count). The minimum atomic E-state index is -0.142. The highest BCUT2D eigenvalue weighted by molar-refractivity contribution is 5.83. The van der Waals surface area contributed by atoms with Crippen molar-refractivity contribution in [3.05, 3.63) is 75.2 Å². The molecule has 1 heterocycles. The number of carbonyl (C=O) groups excluding carboxylic acids is 1. The fraction of sp³-hybridized carbons (Fsp3) is 0.250. The Hall–Kier alpha value is -2.75. The highest BCUT2D eigenvalue weighted by atomic mass is 16.1. The predicted octanol–water partition coefficient (Wildman–Crippen LogP) is 3.19. The van der Waals surface area contributed by atoms with Crippen LogP contribution in [0.4, 0.5) is 0 Å². The molecule has 4 nitrogen and oxygen atoms in total. The lowest BCUT2D eigenvalue weighted by molar-refractivity contribution is -0.108. The van der Waals surface area contributed by atoms with Crippen molar-refractivity contribution in [1.82, 2.24) is 9.78 Å². The summed E-state index contributed by atoms with van der Waals surface area (Å²) in [6.45, 7) is 4.46. The molecule has 2 aromatic carbocycles. The van der Waals surface area contributed by atoms with Crippen LogP contribution >= 0.6 is 0 Å². The second-order valence-electron chi connectivity index (χ2n) is 6.08. The van der Waals surface area contributed by atoms with Gasteiger partial charge in [-0.25, -0.2) is 4.68 Å². The van der Waals surface area contributed by atoms with E-state index in [1.807, 2.05) is 24.3 Å². The number of fused-ring (bicyclic) bond motifs is 1. The van der Waals surface area contributed by atoms with Gasteiger partial charge in [0, 0.05) is 18.2 Å². The van der Waals surface area contributed by atoms with E-state index in [0.717, 1.165) is 17.4 Å². The van der Waals surface area contributed by atoms with Crippen LogP contribution in [0.3, 0.4) is 0 Å². The number of aryl methyl sites for hydroxylation is 3. The van der Waals surface area contributed by atoms with Gasteiger partial charge < -0.3 is 4.79 Å². The molecule has 122 valence electrons. The van der Waals surface area contributed by atoms with Crippen molar-refractivity contribution < 1.29 is 4.79 Å². The van der Waals surface area contributed by atoms with Gasteiger partial charge >= 0.3 is 0 Å². The molecule has 4 heteroatoms. The Bertz CT molecular complexity index is 958. The summed E-state index contributed by atoms with van der Waals surface area (Å²) in [5.41, 5.74) is 4.33. The third-order valence-electron chi connectivity index (χ3n) is 4.27. The normalized spacial score (nSPS) is 10.9. The number of hydrogen-bond donors (Lipinski definition) is 0. The molecular formula is C20H20N2O2. The molecule has 0 atom stereocenters. The summed E-state index contributed by atoms with van der Waals surface area (Å²) in [4.78, 5) is 23.2. The molecule has 1 aromatic heterocycles. The van der Waals surface area contributed by atoms with Crippen molar-refractivity contribution >= 4 is 17.1 Å². The summed E-state index contributed by atoms with van der Waals surface area (Å²) in [5, 5.41) is 6.08. The summed E-state index contributed by atoms with van der Waals surface area (Å²) in [7, 11) is 0. The number of benzene rings is 2. The average Bonchev–Trinajstić information content (AvgIpc) is 2.59. The van der Waals surface area contributed by atoms with Crippen molar-refractivity contribution in [2.24, 2.45) is 0 Å². The van der Waals surface area contributed by atoms with E-state index in [2.05, 4.69) is 37.1 Å². The van der Waals surface area contributed by atoms with Gasteiger partial charge in [-0.2, -0.15) is 5.10 Å². The van der Waals surface area contributed by atoms with E-state index in [-0.39, 0.29) is 12.0 Å². The van der Waals surface area contributed by atoms with Crippen LogP contribution in [-0.2, 0) is 17.8 Å². The van der Waals surface area contributed by atoms with Gasteiger partial charge in [0.15, 0.2) is 0 Å². The molecule has 0 saturated heterocycles. The molecular weight excluding hydrogens is 300 g/mol. The van der Waals surface area contributed by atoms with E-state index < -0.39 is 0 Å². The molecule has 24 heavy (non-hydrogen) atoms. The molecule has 0 aliphatic rings. The minimum absolute atomic E-state index is 0.142. The lowest BCUT2D eigenvalue weighted by atomic mass is 9.99.